The van der Waals surface area contributed by atoms with E-state index in [1.54, 1.807) is 22.8 Å². The highest BCUT2D eigenvalue weighted by molar-refractivity contribution is 9.10. The molecule has 1 aromatic heterocycles. The maximum Gasteiger partial charge on any atom is 0.275 e. The molecule has 1 aliphatic rings. The van der Waals surface area contributed by atoms with Gasteiger partial charge in [0.15, 0.2) is 11.5 Å². The molecule has 2 heterocycles. The fourth-order valence-electron chi connectivity index (χ4n) is 3.15. The van der Waals surface area contributed by atoms with E-state index in [4.69, 9.17) is 0 Å². The van der Waals surface area contributed by atoms with Gasteiger partial charge in [-0.15, -0.1) is 12.4 Å². The number of aromatic nitrogens is 2. The Bertz CT molecular complexity index is 827. The molecule has 0 aliphatic carbocycles. The third-order valence-corrected chi connectivity index (χ3v) is 5.07. The predicted octanol–water partition coefficient (Wildman–Crippen LogP) is 2.77. The molecule has 1 atom stereocenters. The van der Waals surface area contributed by atoms with Gasteiger partial charge in [-0.05, 0) is 47.1 Å². The minimum atomic E-state index is -0.358. The van der Waals surface area contributed by atoms with Gasteiger partial charge >= 0.3 is 0 Å². The van der Waals surface area contributed by atoms with Crippen molar-refractivity contribution in [1.82, 2.24) is 19.6 Å². The minimum Gasteiger partial charge on any atom is -0.332 e. The van der Waals surface area contributed by atoms with Crippen LogP contribution < -0.4 is 0 Å². The zero-order valence-electron chi connectivity index (χ0n) is 15.1. The Morgan fingerprint density at radius 1 is 1.26 bits per heavy atom. The number of carbonyl (C=O) groups excluding carboxylic acids is 2. The van der Waals surface area contributed by atoms with Gasteiger partial charge in [0.1, 0.15) is 5.82 Å². The van der Waals surface area contributed by atoms with Gasteiger partial charge < -0.3 is 4.90 Å². The third kappa shape index (κ3) is 4.94. The van der Waals surface area contributed by atoms with Crippen LogP contribution in [0, 0.1) is 5.82 Å². The standard InChI is InChI=1S/C18H20BrFN4O2.ClH/c1-12-9-23(11-16(25)13-3-5-14(20)6-4-13)7-8-24(12)18(26)17-15(19)10-22(2)21-17;/h3-6,10,12H,7-9,11H2,1-2H3;1H/t12-;/m1./s1. The van der Waals surface area contributed by atoms with Crippen LogP contribution in [0.3, 0.4) is 0 Å². The smallest absolute Gasteiger partial charge is 0.275 e. The van der Waals surface area contributed by atoms with Crippen molar-refractivity contribution in [3.8, 4) is 0 Å². The van der Waals surface area contributed by atoms with Crippen molar-refractivity contribution < 1.29 is 14.0 Å². The average molecular weight is 460 g/mol. The Labute approximate surface area is 171 Å². The van der Waals surface area contributed by atoms with Crippen molar-refractivity contribution >= 4 is 40.0 Å². The van der Waals surface area contributed by atoms with E-state index in [-0.39, 0.29) is 42.5 Å². The molecule has 1 fully saturated rings. The van der Waals surface area contributed by atoms with E-state index in [0.29, 0.717) is 35.4 Å². The van der Waals surface area contributed by atoms with Gasteiger partial charge in [0.25, 0.3) is 5.91 Å². The fourth-order valence-corrected chi connectivity index (χ4v) is 3.69. The first-order valence-electron chi connectivity index (χ1n) is 8.36. The van der Waals surface area contributed by atoms with Crippen LogP contribution in [0.2, 0.25) is 0 Å². The summed E-state index contributed by atoms with van der Waals surface area (Å²) >= 11 is 3.37. The molecule has 27 heavy (non-hydrogen) atoms. The highest BCUT2D eigenvalue weighted by Gasteiger charge is 2.31. The van der Waals surface area contributed by atoms with Crippen molar-refractivity contribution in [2.24, 2.45) is 7.05 Å². The summed E-state index contributed by atoms with van der Waals surface area (Å²) in [5.74, 6) is -0.526. The number of ketones is 1. The summed E-state index contributed by atoms with van der Waals surface area (Å²) in [5.41, 5.74) is 0.894. The molecule has 0 unspecified atom stereocenters. The number of piperazine rings is 1. The molecule has 1 aliphatic heterocycles. The van der Waals surface area contributed by atoms with E-state index in [9.17, 15) is 14.0 Å². The van der Waals surface area contributed by atoms with Crippen LogP contribution in [-0.4, -0.2) is 63.5 Å². The molecule has 0 N–H and O–H groups in total. The van der Waals surface area contributed by atoms with Gasteiger partial charge in [-0.25, -0.2) is 4.39 Å². The first-order chi connectivity index (χ1) is 12.3. The van der Waals surface area contributed by atoms with E-state index >= 15 is 0 Å². The second kappa shape index (κ2) is 8.95. The molecular formula is C18H21BrClFN4O2. The van der Waals surface area contributed by atoms with Crippen molar-refractivity contribution in [2.75, 3.05) is 26.2 Å². The molecule has 146 valence electrons. The Kier molecular flexibility index (Phi) is 7.13. The number of halogens is 3. The second-order valence-corrected chi connectivity index (χ2v) is 7.37. The molecule has 0 spiro atoms. The normalized spacial score (nSPS) is 17.5. The van der Waals surface area contributed by atoms with Crippen LogP contribution in [0.1, 0.15) is 27.8 Å². The van der Waals surface area contributed by atoms with Crippen molar-refractivity contribution in [3.63, 3.8) is 0 Å². The van der Waals surface area contributed by atoms with Crippen LogP contribution in [0.25, 0.3) is 0 Å². The lowest BCUT2D eigenvalue weighted by Gasteiger charge is -2.39. The first-order valence-corrected chi connectivity index (χ1v) is 9.15. The number of carbonyl (C=O) groups is 2. The molecule has 2 aromatic rings. The van der Waals surface area contributed by atoms with Crippen LogP contribution in [0.15, 0.2) is 34.9 Å². The van der Waals surface area contributed by atoms with Crippen LogP contribution in [-0.2, 0) is 7.05 Å². The SMILES string of the molecule is C[C@@H]1CN(CC(=O)c2ccc(F)cc2)CCN1C(=O)c1nn(C)cc1Br.Cl. The van der Waals surface area contributed by atoms with Gasteiger partial charge in [-0.2, -0.15) is 5.10 Å². The van der Waals surface area contributed by atoms with Gasteiger partial charge in [0.2, 0.25) is 0 Å². The Morgan fingerprint density at radius 3 is 2.48 bits per heavy atom. The van der Waals surface area contributed by atoms with Gasteiger partial charge in [0, 0.05) is 44.5 Å². The summed E-state index contributed by atoms with van der Waals surface area (Å²) in [6.45, 7) is 3.95. The number of hydrogen-bond acceptors (Lipinski definition) is 4. The Hall–Kier alpha value is -1.77. The van der Waals surface area contributed by atoms with E-state index in [1.165, 1.54) is 24.3 Å². The molecule has 0 bridgehead atoms. The lowest BCUT2D eigenvalue weighted by Crippen LogP contribution is -2.55. The van der Waals surface area contributed by atoms with E-state index in [0.717, 1.165) is 0 Å². The summed E-state index contributed by atoms with van der Waals surface area (Å²) in [5, 5.41) is 4.21. The quantitative estimate of drug-likeness (QED) is 0.660. The number of amides is 1. The molecule has 3 rings (SSSR count). The van der Waals surface area contributed by atoms with E-state index in [2.05, 4.69) is 21.0 Å². The zero-order chi connectivity index (χ0) is 18.8. The first kappa shape index (κ1) is 21.5. The molecule has 6 nitrogen and oxygen atoms in total. The molecule has 1 amide bonds. The van der Waals surface area contributed by atoms with Gasteiger partial charge in [0.05, 0.1) is 11.0 Å². The molecular weight excluding hydrogens is 439 g/mol. The van der Waals surface area contributed by atoms with Gasteiger partial charge in [-0.1, -0.05) is 0 Å². The summed E-state index contributed by atoms with van der Waals surface area (Å²) < 4.78 is 15.2. The molecule has 9 heteroatoms. The zero-order valence-corrected chi connectivity index (χ0v) is 17.5. The fraction of sp³-hybridized carbons (Fsp3) is 0.389. The lowest BCUT2D eigenvalue weighted by atomic mass is 10.1. The van der Waals surface area contributed by atoms with Crippen molar-refractivity contribution in [1.29, 1.82) is 0 Å². The maximum absolute atomic E-state index is 13.0. The average Bonchev–Trinajstić information content (AvgIpc) is 2.93. The minimum absolute atomic E-state index is 0. The summed E-state index contributed by atoms with van der Waals surface area (Å²) in [6.07, 6.45) is 1.75. The number of aryl methyl sites for hydroxylation is 1. The predicted molar refractivity (Wildman–Crippen MR) is 106 cm³/mol. The second-order valence-electron chi connectivity index (χ2n) is 6.51. The van der Waals surface area contributed by atoms with E-state index in [1.807, 2.05) is 11.8 Å². The number of benzene rings is 1. The van der Waals surface area contributed by atoms with Crippen LogP contribution in [0.4, 0.5) is 4.39 Å². The molecule has 0 saturated carbocycles. The highest BCUT2D eigenvalue weighted by Crippen LogP contribution is 2.20. The summed E-state index contributed by atoms with van der Waals surface area (Å²) in [4.78, 5) is 28.9. The maximum atomic E-state index is 13.0. The topological polar surface area (TPSA) is 58.4 Å². The Morgan fingerprint density at radius 2 is 1.93 bits per heavy atom. The Balaban J connectivity index is 0.00000261. The van der Waals surface area contributed by atoms with Crippen molar-refractivity contribution in [2.45, 2.75) is 13.0 Å². The van der Waals surface area contributed by atoms with E-state index < -0.39 is 0 Å². The molecule has 0 radical (unpaired) electrons. The highest BCUT2D eigenvalue weighted by atomic mass is 79.9. The number of rotatable bonds is 4. The molecule has 1 aromatic carbocycles. The summed E-state index contributed by atoms with van der Waals surface area (Å²) in [6, 6.07) is 5.54. The lowest BCUT2D eigenvalue weighted by molar-refractivity contribution is 0.0476. The van der Waals surface area contributed by atoms with Crippen LogP contribution >= 0.6 is 28.3 Å². The van der Waals surface area contributed by atoms with Gasteiger partial charge in [-0.3, -0.25) is 19.2 Å². The monoisotopic (exact) mass is 458 g/mol. The summed E-state index contributed by atoms with van der Waals surface area (Å²) in [7, 11) is 1.77. The third-order valence-electron chi connectivity index (χ3n) is 4.49. The number of nitrogens with zero attached hydrogens (tertiary/aromatic N) is 4. The number of Topliss-reactive ketones (excluding diaryl/α,β-unsaturated/α-hetero) is 1. The molecule has 1 saturated heterocycles. The van der Waals surface area contributed by atoms with Crippen LogP contribution in [0.5, 0.6) is 0 Å². The van der Waals surface area contributed by atoms with Crippen molar-refractivity contribution in [3.05, 3.63) is 52.0 Å². The largest absolute Gasteiger partial charge is 0.332 e. The number of hydrogen-bond donors (Lipinski definition) is 0.